The molecule has 4 nitrogen and oxygen atoms in total. The molecule has 0 aromatic rings. The summed E-state index contributed by atoms with van der Waals surface area (Å²) in [7, 11) is 1.58. The predicted molar refractivity (Wildman–Crippen MR) is 57.1 cm³/mol. The Morgan fingerprint density at radius 3 is 2.71 bits per heavy atom. The van der Waals surface area contributed by atoms with E-state index in [4.69, 9.17) is 10.00 Å². The molecule has 0 aromatic heterocycles. The first-order chi connectivity index (χ1) is 6.63. The monoisotopic (exact) mass is 216 g/mol. The van der Waals surface area contributed by atoms with Crippen molar-refractivity contribution in [1.29, 1.82) is 5.26 Å². The van der Waals surface area contributed by atoms with E-state index in [1.807, 2.05) is 6.07 Å². The third kappa shape index (κ3) is 5.10. The zero-order valence-electron chi connectivity index (χ0n) is 8.56. The van der Waals surface area contributed by atoms with Crippen LogP contribution in [-0.4, -0.2) is 42.9 Å². The number of methoxy groups -OCH3 is 1. The molecule has 80 valence electrons. The quantitative estimate of drug-likeness (QED) is 0.665. The highest BCUT2D eigenvalue weighted by Gasteiger charge is 2.16. The van der Waals surface area contributed by atoms with Crippen molar-refractivity contribution in [3.8, 4) is 6.07 Å². The number of nitrogens with zero attached hydrogens (tertiary/aromatic N) is 2. The Kier molecular flexibility index (Phi) is 7.25. The summed E-state index contributed by atoms with van der Waals surface area (Å²) in [6, 6.07) is 2.01. The summed E-state index contributed by atoms with van der Waals surface area (Å²) in [5, 5.41) is 8.09. The van der Waals surface area contributed by atoms with Gasteiger partial charge in [0.25, 0.3) is 0 Å². The van der Waals surface area contributed by atoms with Gasteiger partial charge in [0.05, 0.1) is 24.3 Å². The number of carbonyl (C=O) groups excluding carboxylic acids is 1. The number of nitriles is 1. The zero-order chi connectivity index (χ0) is 11.0. The summed E-state index contributed by atoms with van der Waals surface area (Å²) >= 11 is 4.06. The molecule has 5 heteroatoms. The Hall–Kier alpha value is -0.730. The van der Waals surface area contributed by atoms with Crippen LogP contribution in [0.2, 0.25) is 0 Å². The third-order valence-corrected chi connectivity index (χ3v) is 1.95. The van der Waals surface area contributed by atoms with Crippen LogP contribution in [0.25, 0.3) is 0 Å². The fourth-order valence-corrected chi connectivity index (χ4v) is 1.15. The minimum Gasteiger partial charge on any atom is -0.383 e. The minimum atomic E-state index is -0.328. The zero-order valence-corrected chi connectivity index (χ0v) is 9.46. The molecular formula is C9H16N2O2S. The fraction of sp³-hybridized carbons (Fsp3) is 0.778. The van der Waals surface area contributed by atoms with Crippen molar-refractivity contribution in [3.63, 3.8) is 0 Å². The average Bonchev–Trinajstić information content (AvgIpc) is 2.17. The van der Waals surface area contributed by atoms with E-state index in [-0.39, 0.29) is 11.2 Å². The van der Waals surface area contributed by atoms with E-state index in [1.54, 1.807) is 18.9 Å². The Bertz CT molecular complexity index is 213. The van der Waals surface area contributed by atoms with Crippen LogP contribution in [0.1, 0.15) is 13.3 Å². The Balaban J connectivity index is 4.09. The molecule has 0 rings (SSSR count). The molecule has 0 aliphatic heterocycles. The predicted octanol–water partition coefficient (Wildman–Crippen LogP) is 0.693. The molecule has 14 heavy (non-hydrogen) atoms. The molecule has 0 heterocycles. The van der Waals surface area contributed by atoms with E-state index < -0.39 is 0 Å². The Labute approximate surface area is 90.2 Å². The summed E-state index contributed by atoms with van der Waals surface area (Å²) in [4.78, 5) is 13.1. The van der Waals surface area contributed by atoms with Crippen LogP contribution < -0.4 is 0 Å². The molecule has 0 saturated carbocycles. The second-order valence-corrected chi connectivity index (χ2v) is 3.68. The van der Waals surface area contributed by atoms with E-state index >= 15 is 0 Å². The van der Waals surface area contributed by atoms with E-state index in [9.17, 15) is 4.79 Å². The molecule has 0 bridgehead atoms. The first-order valence-electron chi connectivity index (χ1n) is 4.46. The lowest BCUT2D eigenvalue weighted by Crippen LogP contribution is -2.38. The number of ether oxygens (including phenoxy) is 1. The van der Waals surface area contributed by atoms with Gasteiger partial charge in [-0.25, -0.2) is 0 Å². The molecule has 1 unspecified atom stereocenters. The number of amides is 1. The van der Waals surface area contributed by atoms with Crippen molar-refractivity contribution < 1.29 is 9.53 Å². The standard InChI is InChI=1S/C9H16N2O2S/c1-8(14)9(12)11(5-3-4-10)6-7-13-2/h8,14H,3,5-7H2,1-2H3. The highest BCUT2D eigenvalue weighted by molar-refractivity contribution is 7.81. The molecule has 0 aliphatic rings. The van der Waals surface area contributed by atoms with E-state index in [2.05, 4.69) is 12.6 Å². The van der Waals surface area contributed by atoms with Crippen molar-refractivity contribution in [3.05, 3.63) is 0 Å². The lowest BCUT2D eigenvalue weighted by atomic mass is 10.3. The summed E-state index contributed by atoms with van der Waals surface area (Å²) < 4.78 is 4.88. The van der Waals surface area contributed by atoms with Crippen molar-refractivity contribution in [1.82, 2.24) is 4.90 Å². The topological polar surface area (TPSA) is 53.3 Å². The third-order valence-electron chi connectivity index (χ3n) is 1.73. The second-order valence-electron chi connectivity index (χ2n) is 2.90. The van der Waals surface area contributed by atoms with Gasteiger partial charge in [-0.15, -0.1) is 0 Å². The number of thiol groups is 1. The number of hydrogen-bond acceptors (Lipinski definition) is 4. The van der Waals surface area contributed by atoms with Crippen LogP contribution in [-0.2, 0) is 9.53 Å². The molecule has 0 spiro atoms. The largest absolute Gasteiger partial charge is 0.383 e. The summed E-state index contributed by atoms with van der Waals surface area (Å²) in [5.41, 5.74) is 0. The van der Waals surface area contributed by atoms with E-state index in [0.717, 1.165) is 0 Å². The maximum Gasteiger partial charge on any atom is 0.235 e. The average molecular weight is 216 g/mol. The Morgan fingerprint density at radius 1 is 1.64 bits per heavy atom. The number of rotatable bonds is 6. The maximum absolute atomic E-state index is 11.5. The normalized spacial score (nSPS) is 11.9. The van der Waals surface area contributed by atoms with Gasteiger partial charge in [0, 0.05) is 20.2 Å². The lowest BCUT2D eigenvalue weighted by Gasteiger charge is -2.22. The van der Waals surface area contributed by atoms with Crippen LogP contribution in [0.15, 0.2) is 0 Å². The van der Waals surface area contributed by atoms with Gasteiger partial charge >= 0.3 is 0 Å². The van der Waals surface area contributed by atoms with Gasteiger partial charge in [0.1, 0.15) is 0 Å². The minimum absolute atomic E-state index is 0.0550. The molecule has 0 N–H and O–H groups in total. The van der Waals surface area contributed by atoms with Crippen LogP contribution in [0.5, 0.6) is 0 Å². The van der Waals surface area contributed by atoms with Gasteiger partial charge in [0.2, 0.25) is 5.91 Å². The van der Waals surface area contributed by atoms with Gasteiger partial charge in [-0.2, -0.15) is 17.9 Å². The van der Waals surface area contributed by atoms with Crippen molar-refractivity contribution in [2.75, 3.05) is 26.8 Å². The van der Waals surface area contributed by atoms with Crippen LogP contribution in [0.4, 0.5) is 0 Å². The van der Waals surface area contributed by atoms with Gasteiger partial charge in [0.15, 0.2) is 0 Å². The molecule has 0 aliphatic carbocycles. The summed E-state index contributed by atoms with van der Waals surface area (Å²) in [6.45, 7) is 3.17. The van der Waals surface area contributed by atoms with Crippen LogP contribution in [0, 0.1) is 11.3 Å². The summed E-state index contributed by atoms with van der Waals surface area (Å²) in [6.07, 6.45) is 0.343. The molecule has 1 amide bonds. The van der Waals surface area contributed by atoms with E-state index in [0.29, 0.717) is 26.1 Å². The van der Waals surface area contributed by atoms with Crippen molar-refractivity contribution in [2.45, 2.75) is 18.6 Å². The molecule has 1 atom stereocenters. The molecule has 0 radical (unpaired) electrons. The summed E-state index contributed by atoms with van der Waals surface area (Å²) in [5.74, 6) is -0.0550. The van der Waals surface area contributed by atoms with Crippen LogP contribution in [0.3, 0.4) is 0 Å². The SMILES string of the molecule is COCCN(CCC#N)C(=O)C(C)S. The van der Waals surface area contributed by atoms with E-state index in [1.165, 1.54) is 0 Å². The number of carbonyl (C=O) groups is 1. The maximum atomic E-state index is 11.5. The van der Waals surface area contributed by atoms with Gasteiger partial charge in [-0.1, -0.05) is 0 Å². The molecule has 0 aromatic carbocycles. The highest BCUT2D eigenvalue weighted by atomic mass is 32.1. The molecular weight excluding hydrogens is 200 g/mol. The molecule has 0 saturated heterocycles. The lowest BCUT2D eigenvalue weighted by molar-refractivity contribution is -0.130. The second kappa shape index (κ2) is 7.65. The first-order valence-corrected chi connectivity index (χ1v) is 4.97. The fourth-order valence-electron chi connectivity index (χ4n) is 0.983. The number of hydrogen-bond donors (Lipinski definition) is 1. The van der Waals surface area contributed by atoms with Gasteiger partial charge < -0.3 is 9.64 Å². The first kappa shape index (κ1) is 13.3. The van der Waals surface area contributed by atoms with Crippen molar-refractivity contribution >= 4 is 18.5 Å². The van der Waals surface area contributed by atoms with Gasteiger partial charge in [-0.05, 0) is 6.92 Å². The van der Waals surface area contributed by atoms with Crippen molar-refractivity contribution in [2.24, 2.45) is 0 Å². The molecule has 0 fully saturated rings. The smallest absolute Gasteiger partial charge is 0.235 e. The Morgan fingerprint density at radius 2 is 2.29 bits per heavy atom. The van der Waals surface area contributed by atoms with Gasteiger partial charge in [-0.3, -0.25) is 4.79 Å². The van der Waals surface area contributed by atoms with Crippen LogP contribution >= 0.6 is 12.6 Å². The highest BCUT2D eigenvalue weighted by Crippen LogP contribution is 2.02.